The van der Waals surface area contributed by atoms with Crippen LogP contribution in [0.15, 0.2) is 41.6 Å². The monoisotopic (exact) mass is 412 g/mol. The molecule has 0 unspecified atom stereocenters. The number of alkyl halides is 3. The second-order valence-electron chi connectivity index (χ2n) is 5.40. The molecule has 0 amide bonds. The first-order valence-corrected chi connectivity index (χ1v) is 7.95. The van der Waals surface area contributed by atoms with Crippen molar-refractivity contribution in [3.8, 4) is 23.5 Å². The number of methoxy groups -OCH3 is 1. The minimum Gasteiger partial charge on any atom is -0.481 e. The number of ether oxygens (including phenoxy) is 1. The molecule has 1 N–H and O–H groups in total. The van der Waals surface area contributed by atoms with Gasteiger partial charge in [0.15, 0.2) is 12.7 Å². The highest BCUT2D eigenvalue weighted by molar-refractivity contribution is 5.75. The van der Waals surface area contributed by atoms with Crippen LogP contribution in [0.2, 0.25) is 0 Å². The quantitative estimate of drug-likeness (QED) is 0.447. The van der Waals surface area contributed by atoms with Gasteiger partial charge in [-0.25, -0.2) is 4.79 Å². The minimum atomic E-state index is -4.85. The number of pyridine rings is 1. The molecule has 2 aromatic rings. The van der Waals surface area contributed by atoms with Crippen LogP contribution in [0.5, 0.6) is 0 Å². The zero-order valence-corrected chi connectivity index (χ0v) is 15.2. The molecule has 11 heteroatoms. The number of aryl methyl sites for hydroxylation is 1. The highest BCUT2D eigenvalue weighted by atomic mass is 19.4. The topological polar surface area (TPSA) is 102 Å². The molecule has 0 radical (unpaired) electrons. The summed E-state index contributed by atoms with van der Waals surface area (Å²) in [6, 6.07) is 4.97. The number of halogens is 3. The fourth-order valence-electron chi connectivity index (χ4n) is 1.94. The number of aliphatic carboxylic acids is 1. The van der Waals surface area contributed by atoms with Gasteiger partial charge in [-0.3, -0.25) is 9.59 Å². The summed E-state index contributed by atoms with van der Waals surface area (Å²) in [6.45, 7) is 0.526. The lowest BCUT2D eigenvalue weighted by molar-refractivity contribution is -0.752. The highest BCUT2D eigenvalue weighted by Crippen LogP contribution is 2.15. The van der Waals surface area contributed by atoms with Crippen LogP contribution in [0.4, 0.5) is 13.2 Å². The first kappa shape index (κ1) is 23.4. The number of hydrogen-bond donors (Lipinski definition) is 1. The van der Waals surface area contributed by atoms with Crippen molar-refractivity contribution in [1.29, 1.82) is 0 Å². The zero-order chi connectivity index (χ0) is 22.0. The molecule has 0 saturated heterocycles. The highest BCUT2D eigenvalue weighted by Gasteiger charge is 2.40. The van der Waals surface area contributed by atoms with Gasteiger partial charge < -0.3 is 14.4 Å². The third kappa shape index (κ3) is 7.84. The Balaban J connectivity index is 0.000000447. The van der Waals surface area contributed by atoms with Gasteiger partial charge >= 0.3 is 18.1 Å². The first-order valence-electron chi connectivity index (χ1n) is 7.95. The predicted octanol–water partition coefficient (Wildman–Crippen LogP) is 1.03. The van der Waals surface area contributed by atoms with Crippen LogP contribution in [0, 0.1) is 12.3 Å². The average molecular weight is 412 g/mol. The third-order valence-electron chi connectivity index (χ3n) is 3.32. The molecule has 0 atom stereocenters. The third-order valence-corrected chi connectivity index (χ3v) is 3.32. The molecule has 0 spiro atoms. The van der Waals surface area contributed by atoms with Crippen molar-refractivity contribution >= 4 is 11.9 Å². The maximum atomic E-state index is 11.6. The van der Waals surface area contributed by atoms with Gasteiger partial charge in [-0.1, -0.05) is 10.6 Å². The lowest BCUT2D eigenvalue weighted by Gasteiger charge is -2.04. The molecule has 29 heavy (non-hydrogen) atoms. The van der Waals surface area contributed by atoms with Gasteiger partial charge in [0.05, 0.1) is 13.7 Å². The van der Waals surface area contributed by atoms with Crippen LogP contribution < -0.4 is 10.2 Å². The van der Waals surface area contributed by atoms with E-state index in [0.29, 0.717) is 13.7 Å². The van der Waals surface area contributed by atoms with E-state index in [1.807, 2.05) is 6.07 Å². The van der Waals surface area contributed by atoms with E-state index in [1.165, 1.54) is 10.6 Å². The first-order chi connectivity index (χ1) is 13.6. The van der Waals surface area contributed by atoms with Gasteiger partial charge in [0, 0.05) is 29.5 Å². The Bertz CT molecular complexity index is 947. The van der Waals surface area contributed by atoms with Crippen molar-refractivity contribution in [1.82, 2.24) is 9.67 Å². The predicted molar refractivity (Wildman–Crippen MR) is 93.3 cm³/mol. The van der Waals surface area contributed by atoms with Crippen LogP contribution in [-0.2, 0) is 27.4 Å². The van der Waals surface area contributed by atoms with Gasteiger partial charge in [-0.15, -0.1) is 6.42 Å². The number of rotatable bonds is 5. The summed E-state index contributed by atoms with van der Waals surface area (Å²) in [6.07, 6.45) is 5.40. The Kier molecular flexibility index (Phi) is 8.54. The fraction of sp³-hybridized carbons (Fsp3) is 0.278. The van der Waals surface area contributed by atoms with E-state index in [9.17, 15) is 27.6 Å². The molecule has 0 aliphatic heterocycles. The van der Waals surface area contributed by atoms with Crippen molar-refractivity contribution in [3.05, 3.63) is 47.1 Å². The Labute approximate surface area is 163 Å². The lowest BCUT2D eigenvalue weighted by atomic mass is 10.1. The normalized spacial score (nSPS) is 10.3. The molecular formula is C18H17F3N3O5+. The smallest absolute Gasteiger partial charge is 0.481 e. The number of carbonyl (C=O) groups is 2. The molecule has 154 valence electrons. The average Bonchev–Trinajstić information content (AvgIpc) is 2.68. The van der Waals surface area contributed by atoms with E-state index in [2.05, 4.69) is 15.8 Å². The number of nitrogens with zero attached hydrogens (tertiary/aromatic N) is 3. The molecule has 2 heterocycles. The summed E-state index contributed by atoms with van der Waals surface area (Å²) >= 11 is 0. The number of aromatic nitrogens is 3. The SMILES string of the molecule is C#CCn1cc(-c2cc[n+](CCC(=O)O)nc2)ccc1=O.COC(=O)C(F)(F)F. The zero-order valence-electron chi connectivity index (χ0n) is 15.2. The summed E-state index contributed by atoms with van der Waals surface area (Å²) in [5, 5.41) is 12.8. The lowest BCUT2D eigenvalue weighted by Crippen LogP contribution is -2.38. The number of hydrogen-bond acceptors (Lipinski definition) is 5. The molecule has 8 nitrogen and oxygen atoms in total. The molecule has 0 bridgehead atoms. The van der Waals surface area contributed by atoms with Crippen LogP contribution in [0.3, 0.4) is 0 Å². The summed E-state index contributed by atoms with van der Waals surface area (Å²) in [4.78, 5) is 31.6. The van der Waals surface area contributed by atoms with Crippen molar-refractivity contribution in [2.75, 3.05) is 7.11 Å². The maximum Gasteiger partial charge on any atom is 0.490 e. The Morgan fingerprint density at radius 2 is 2.00 bits per heavy atom. The van der Waals surface area contributed by atoms with Crippen molar-refractivity contribution < 1.29 is 37.3 Å². The molecular weight excluding hydrogens is 395 g/mol. The number of carboxylic acid groups (broad SMARTS) is 1. The number of carbonyl (C=O) groups excluding carboxylic acids is 1. The van der Waals surface area contributed by atoms with E-state index in [1.54, 1.807) is 29.3 Å². The number of terminal acetylenes is 1. The standard InChI is InChI=1S/C15H13N3O3.C3H3F3O2/c1-2-7-17-11-13(3-4-14(17)19)12-5-8-18(16-10-12)9-6-15(20)21;1-8-2(7)3(4,5)6/h1,3-5,8,10-11H,6-7,9H2;1H3/p+1. The molecule has 2 rings (SSSR count). The van der Waals surface area contributed by atoms with Gasteiger partial charge in [-0.05, 0) is 11.2 Å². The summed E-state index contributed by atoms with van der Waals surface area (Å²) in [7, 11) is 0.676. The van der Waals surface area contributed by atoms with E-state index < -0.39 is 18.1 Å². The van der Waals surface area contributed by atoms with E-state index in [-0.39, 0.29) is 18.5 Å². The van der Waals surface area contributed by atoms with Gasteiger partial charge in [-0.2, -0.15) is 13.2 Å². The second-order valence-corrected chi connectivity index (χ2v) is 5.40. The fourth-order valence-corrected chi connectivity index (χ4v) is 1.94. The second kappa shape index (κ2) is 10.6. The van der Waals surface area contributed by atoms with E-state index in [4.69, 9.17) is 11.5 Å². The van der Waals surface area contributed by atoms with Crippen molar-refractivity contribution in [2.24, 2.45) is 0 Å². The largest absolute Gasteiger partial charge is 0.490 e. The molecule has 0 saturated carbocycles. The van der Waals surface area contributed by atoms with E-state index >= 15 is 0 Å². The Morgan fingerprint density at radius 3 is 2.45 bits per heavy atom. The Morgan fingerprint density at radius 1 is 1.31 bits per heavy atom. The maximum absolute atomic E-state index is 11.6. The van der Waals surface area contributed by atoms with Crippen molar-refractivity contribution in [2.45, 2.75) is 25.7 Å². The van der Waals surface area contributed by atoms with Crippen LogP contribution in [-0.4, -0.2) is 40.0 Å². The minimum absolute atomic E-state index is 0.0179. The van der Waals surface area contributed by atoms with Gasteiger partial charge in [0.2, 0.25) is 0 Å². The summed E-state index contributed by atoms with van der Waals surface area (Å²) < 4.78 is 39.3. The van der Waals surface area contributed by atoms with Gasteiger partial charge in [0.25, 0.3) is 5.56 Å². The molecule has 0 aromatic carbocycles. The van der Waals surface area contributed by atoms with Crippen LogP contribution >= 0.6 is 0 Å². The van der Waals surface area contributed by atoms with Gasteiger partial charge in [0.1, 0.15) is 12.6 Å². The van der Waals surface area contributed by atoms with Crippen molar-refractivity contribution in [3.63, 3.8) is 0 Å². The number of carboxylic acids is 1. The summed E-state index contributed by atoms with van der Waals surface area (Å²) in [5.41, 5.74) is 1.49. The van der Waals surface area contributed by atoms with Crippen LogP contribution in [0.1, 0.15) is 6.42 Å². The van der Waals surface area contributed by atoms with E-state index in [0.717, 1.165) is 11.1 Å². The molecule has 0 aliphatic rings. The molecule has 0 fully saturated rings. The molecule has 0 aliphatic carbocycles. The number of esters is 1. The van der Waals surface area contributed by atoms with Crippen LogP contribution in [0.25, 0.3) is 11.1 Å². The Hall–Kier alpha value is -3.68. The molecule has 2 aromatic heterocycles. The summed E-state index contributed by atoms with van der Waals surface area (Å²) in [5.74, 6) is -0.607.